The number of benzene rings is 2. The molecular weight excluding hydrogens is 430 g/mol. The van der Waals surface area contributed by atoms with E-state index < -0.39 is 17.9 Å². The van der Waals surface area contributed by atoms with Crippen LogP contribution in [0.25, 0.3) is 6.08 Å². The van der Waals surface area contributed by atoms with Crippen molar-refractivity contribution in [3.8, 4) is 5.75 Å². The summed E-state index contributed by atoms with van der Waals surface area (Å²) in [7, 11) is 0. The average molecular weight is 448 g/mol. The van der Waals surface area contributed by atoms with Gasteiger partial charge in [-0.15, -0.1) is 0 Å². The topological polar surface area (TPSA) is 66.8 Å². The minimum absolute atomic E-state index is 0.245. The van der Waals surface area contributed by atoms with Gasteiger partial charge in [-0.1, -0.05) is 72.8 Å². The third-order valence-electron chi connectivity index (χ3n) is 4.32. The number of halogens is 1. The third-order valence-corrected chi connectivity index (χ3v) is 5.90. The maximum atomic E-state index is 12.8. The smallest absolute Gasteiger partial charge is 0.326 e. The summed E-state index contributed by atoms with van der Waals surface area (Å²) in [4.78, 5) is 25.8. The summed E-state index contributed by atoms with van der Waals surface area (Å²) in [6.45, 7) is 2.06. The van der Waals surface area contributed by atoms with Crippen LogP contribution >= 0.6 is 35.6 Å². The van der Waals surface area contributed by atoms with Crippen LogP contribution in [0.4, 0.5) is 0 Å². The molecule has 0 aliphatic carbocycles. The van der Waals surface area contributed by atoms with Gasteiger partial charge in [0.2, 0.25) is 0 Å². The molecule has 2 aromatic rings. The largest absolute Gasteiger partial charge is 0.488 e. The maximum Gasteiger partial charge on any atom is 0.326 e. The van der Waals surface area contributed by atoms with Crippen LogP contribution in [-0.2, 0) is 16.2 Å². The fourth-order valence-corrected chi connectivity index (χ4v) is 4.30. The van der Waals surface area contributed by atoms with Crippen LogP contribution in [0.1, 0.15) is 24.5 Å². The number of amides is 1. The highest BCUT2D eigenvalue weighted by Crippen LogP contribution is 2.36. The van der Waals surface area contributed by atoms with Gasteiger partial charge < -0.3 is 9.84 Å². The van der Waals surface area contributed by atoms with Gasteiger partial charge in [0, 0.05) is 10.6 Å². The molecule has 3 rings (SSSR count). The molecule has 1 fully saturated rings. The van der Waals surface area contributed by atoms with E-state index in [9.17, 15) is 14.7 Å². The molecular formula is C21H18ClNO4S2. The van der Waals surface area contributed by atoms with E-state index in [1.54, 1.807) is 25.1 Å². The molecule has 1 amide bonds. The third kappa shape index (κ3) is 4.98. The van der Waals surface area contributed by atoms with Gasteiger partial charge in [0.25, 0.3) is 5.91 Å². The van der Waals surface area contributed by atoms with Crippen LogP contribution < -0.4 is 4.74 Å². The van der Waals surface area contributed by atoms with Gasteiger partial charge in [-0.3, -0.25) is 9.69 Å². The van der Waals surface area contributed by atoms with Gasteiger partial charge in [-0.05, 0) is 36.3 Å². The summed E-state index contributed by atoms with van der Waals surface area (Å²) in [5.41, 5.74) is 1.67. The van der Waals surface area contributed by atoms with Crippen molar-refractivity contribution in [2.45, 2.75) is 26.0 Å². The van der Waals surface area contributed by atoms with E-state index in [0.717, 1.165) is 17.3 Å². The summed E-state index contributed by atoms with van der Waals surface area (Å²) in [5, 5.41) is 10.0. The van der Waals surface area contributed by atoms with Gasteiger partial charge in [0.1, 0.15) is 22.7 Å². The van der Waals surface area contributed by atoms with E-state index in [1.165, 1.54) is 4.90 Å². The molecule has 1 heterocycles. The van der Waals surface area contributed by atoms with E-state index in [0.29, 0.717) is 27.8 Å². The van der Waals surface area contributed by atoms with Crippen LogP contribution in [0.3, 0.4) is 0 Å². The van der Waals surface area contributed by atoms with Gasteiger partial charge in [0.05, 0.1) is 4.91 Å². The highest BCUT2D eigenvalue weighted by Gasteiger charge is 2.39. The standard InChI is InChI=1S/C21H18ClNO4S2/c1-2-16(20(25)26)23-19(24)18(29-21(23)28)11-14-5-3-4-6-17(14)27-12-13-7-9-15(22)10-8-13/h3-11,16H,2,12H2,1H3,(H,25,26). The molecule has 150 valence electrons. The molecule has 1 unspecified atom stereocenters. The number of thiocarbonyl (C=S) groups is 1. The molecule has 1 saturated heterocycles. The predicted octanol–water partition coefficient (Wildman–Crippen LogP) is 4.98. The summed E-state index contributed by atoms with van der Waals surface area (Å²) in [6, 6.07) is 13.7. The lowest BCUT2D eigenvalue weighted by molar-refractivity contribution is -0.145. The lowest BCUT2D eigenvalue weighted by Gasteiger charge is -2.21. The van der Waals surface area contributed by atoms with Crippen LogP contribution in [0, 0.1) is 0 Å². The predicted molar refractivity (Wildman–Crippen MR) is 119 cm³/mol. The average Bonchev–Trinajstić information content (AvgIpc) is 2.97. The lowest BCUT2D eigenvalue weighted by Crippen LogP contribution is -2.43. The number of nitrogens with zero attached hydrogens (tertiary/aromatic N) is 1. The molecule has 1 atom stereocenters. The Bertz CT molecular complexity index is 975. The molecule has 29 heavy (non-hydrogen) atoms. The van der Waals surface area contributed by atoms with Gasteiger partial charge in [0.15, 0.2) is 0 Å². The first-order valence-electron chi connectivity index (χ1n) is 8.87. The van der Waals surface area contributed by atoms with E-state index in [-0.39, 0.29) is 10.7 Å². The molecule has 0 saturated carbocycles. The van der Waals surface area contributed by atoms with Crippen molar-refractivity contribution in [1.29, 1.82) is 0 Å². The highest BCUT2D eigenvalue weighted by atomic mass is 35.5. The summed E-state index contributed by atoms with van der Waals surface area (Å²) >= 11 is 12.3. The number of carboxylic acids is 1. The van der Waals surface area contributed by atoms with Gasteiger partial charge in [-0.2, -0.15) is 0 Å². The van der Waals surface area contributed by atoms with Crippen LogP contribution in [0.5, 0.6) is 5.75 Å². The number of carbonyl (C=O) groups excluding carboxylic acids is 1. The molecule has 0 bridgehead atoms. The Morgan fingerprint density at radius 3 is 2.62 bits per heavy atom. The molecule has 5 nitrogen and oxygen atoms in total. The molecule has 1 aliphatic heterocycles. The maximum absolute atomic E-state index is 12.8. The van der Waals surface area contributed by atoms with E-state index in [2.05, 4.69) is 0 Å². The number of rotatable bonds is 7. The molecule has 0 aromatic heterocycles. The zero-order valence-corrected chi connectivity index (χ0v) is 17.9. The Morgan fingerprint density at radius 1 is 1.28 bits per heavy atom. The van der Waals surface area contributed by atoms with Crippen molar-refractivity contribution in [1.82, 2.24) is 4.90 Å². The number of carbonyl (C=O) groups is 2. The van der Waals surface area contributed by atoms with Crippen molar-refractivity contribution in [3.63, 3.8) is 0 Å². The second-order valence-corrected chi connectivity index (χ2v) is 8.38. The van der Waals surface area contributed by atoms with E-state index >= 15 is 0 Å². The number of hydrogen-bond donors (Lipinski definition) is 1. The molecule has 0 radical (unpaired) electrons. The monoisotopic (exact) mass is 447 g/mol. The van der Waals surface area contributed by atoms with E-state index in [1.807, 2.05) is 36.4 Å². The fraction of sp³-hybridized carbons (Fsp3) is 0.190. The number of para-hydroxylation sites is 1. The molecule has 8 heteroatoms. The highest BCUT2D eigenvalue weighted by molar-refractivity contribution is 8.26. The number of aliphatic carboxylic acids is 1. The molecule has 1 aliphatic rings. The first kappa shape index (κ1) is 21.4. The normalized spacial score (nSPS) is 16.3. The van der Waals surface area contributed by atoms with Crippen molar-refractivity contribution in [2.75, 3.05) is 0 Å². The zero-order chi connectivity index (χ0) is 21.0. The molecule has 0 spiro atoms. The summed E-state index contributed by atoms with van der Waals surface area (Å²) in [5.74, 6) is -0.864. The van der Waals surface area contributed by atoms with Crippen molar-refractivity contribution >= 4 is 57.9 Å². The van der Waals surface area contributed by atoms with Crippen LogP contribution in [0.15, 0.2) is 53.4 Å². The SMILES string of the molecule is CCC(C(=O)O)N1C(=O)C(=Cc2ccccc2OCc2ccc(Cl)cc2)SC1=S. The first-order valence-corrected chi connectivity index (χ1v) is 10.5. The number of carboxylic acid groups (broad SMARTS) is 1. The Hall–Kier alpha value is -2.35. The Morgan fingerprint density at radius 2 is 1.97 bits per heavy atom. The Kier molecular flexibility index (Phi) is 6.95. The first-order chi connectivity index (χ1) is 13.9. The van der Waals surface area contributed by atoms with Crippen molar-refractivity contribution < 1.29 is 19.4 Å². The number of hydrogen-bond acceptors (Lipinski definition) is 5. The van der Waals surface area contributed by atoms with E-state index in [4.69, 9.17) is 28.6 Å². The minimum Gasteiger partial charge on any atom is -0.488 e. The van der Waals surface area contributed by atoms with Crippen molar-refractivity contribution in [2.24, 2.45) is 0 Å². The molecule has 1 N–H and O–H groups in total. The van der Waals surface area contributed by atoms with Crippen LogP contribution in [-0.4, -0.2) is 32.2 Å². The fourth-order valence-electron chi connectivity index (χ4n) is 2.83. The number of thioether (sulfide) groups is 1. The van der Waals surface area contributed by atoms with Gasteiger partial charge >= 0.3 is 5.97 Å². The Balaban J connectivity index is 1.81. The van der Waals surface area contributed by atoms with Crippen LogP contribution in [0.2, 0.25) is 5.02 Å². The summed E-state index contributed by atoms with van der Waals surface area (Å²) < 4.78 is 6.17. The zero-order valence-electron chi connectivity index (χ0n) is 15.5. The molecule has 2 aromatic carbocycles. The quantitative estimate of drug-likeness (QED) is 0.476. The summed E-state index contributed by atoms with van der Waals surface area (Å²) in [6.07, 6.45) is 1.96. The van der Waals surface area contributed by atoms with Gasteiger partial charge in [-0.25, -0.2) is 4.79 Å². The minimum atomic E-state index is -1.07. The van der Waals surface area contributed by atoms with Crippen molar-refractivity contribution in [3.05, 3.63) is 69.6 Å². The second kappa shape index (κ2) is 9.43. The Labute approximate surface area is 183 Å². The number of ether oxygens (including phenoxy) is 1. The second-order valence-electron chi connectivity index (χ2n) is 6.27. The lowest BCUT2D eigenvalue weighted by atomic mass is 10.1.